The molecule has 0 fully saturated rings. The average Bonchev–Trinajstić information content (AvgIpc) is 2.42. The normalized spacial score (nSPS) is 10.2. The van der Waals surface area contributed by atoms with E-state index in [1.165, 1.54) is 6.42 Å². The molecule has 0 aliphatic rings. The molecule has 0 saturated heterocycles. The molecule has 2 aromatic rings. The predicted molar refractivity (Wildman–Crippen MR) is 82.9 cm³/mol. The van der Waals surface area contributed by atoms with Gasteiger partial charge in [0.15, 0.2) is 0 Å². The van der Waals surface area contributed by atoms with E-state index in [0.29, 0.717) is 5.95 Å². The van der Waals surface area contributed by atoms with Gasteiger partial charge in [-0.1, -0.05) is 25.5 Å². The summed E-state index contributed by atoms with van der Waals surface area (Å²) in [7, 11) is 0. The molecule has 0 aliphatic heterocycles. The van der Waals surface area contributed by atoms with Crippen molar-refractivity contribution < 1.29 is 0 Å². The molecule has 1 heterocycles. The molecule has 100 valence electrons. The highest BCUT2D eigenvalue weighted by Crippen LogP contribution is 2.23. The largest absolute Gasteiger partial charge is 0.370 e. The van der Waals surface area contributed by atoms with Crippen LogP contribution in [0.5, 0.6) is 0 Å². The Bertz CT molecular complexity index is 530. The summed E-state index contributed by atoms with van der Waals surface area (Å²) < 4.78 is 0.989. The van der Waals surface area contributed by atoms with Crippen LogP contribution in [0.1, 0.15) is 19.8 Å². The molecular formula is C14H17BrN4. The van der Waals surface area contributed by atoms with E-state index in [1.807, 2.05) is 30.3 Å². The maximum atomic E-state index is 4.43. The third-order valence-electron chi connectivity index (χ3n) is 2.61. The van der Waals surface area contributed by atoms with E-state index in [0.717, 1.165) is 28.9 Å². The number of para-hydroxylation sites is 1. The number of benzene rings is 1. The van der Waals surface area contributed by atoms with Crippen molar-refractivity contribution in [2.75, 3.05) is 17.2 Å². The van der Waals surface area contributed by atoms with E-state index in [1.54, 1.807) is 6.20 Å². The Balaban J connectivity index is 2.05. The maximum absolute atomic E-state index is 4.43. The summed E-state index contributed by atoms with van der Waals surface area (Å²) in [6, 6.07) is 9.77. The van der Waals surface area contributed by atoms with Crippen LogP contribution < -0.4 is 10.6 Å². The first kappa shape index (κ1) is 13.8. The van der Waals surface area contributed by atoms with E-state index < -0.39 is 0 Å². The van der Waals surface area contributed by atoms with Crippen molar-refractivity contribution in [3.05, 3.63) is 41.0 Å². The molecule has 0 saturated carbocycles. The number of nitrogens with zero attached hydrogens (tertiary/aromatic N) is 2. The quantitative estimate of drug-likeness (QED) is 0.783. The van der Waals surface area contributed by atoms with Gasteiger partial charge in [-0.15, -0.1) is 0 Å². The standard InChI is InChI=1S/C14H17BrN4/c1-2-3-9-16-13-8-10-17-14(19-13)18-12-7-5-4-6-11(12)15/h4-8,10H,2-3,9H2,1H3,(H2,16,17,18,19). The number of aromatic nitrogens is 2. The van der Waals surface area contributed by atoms with Gasteiger partial charge in [-0.3, -0.25) is 0 Å². The second kappa shape index (κ2) is 7.09. The number of unbranched alkanes of at least 4 members (excludes halogenated alkanes) is 1. The van der Waals surface area contributed by atoms with Crippen molar-refractivity contribution in [3.8, 4) is 0 Å². The Morgan fingerprint density at radius 1 is 1.21 bits per heavy atom. The molecule has 2 N–H and O–H groups in total. The first-order valence-corrected chi connectivity index (χ1v) is 7.17. The Labute approximate surface area is 121 Å². The van der Waals surface area contributed by atoms with Gasteiger partial charge < -0.3 is 10.6 Å². The SMILES string of the molecule is CCCCNc1ccnc(Nc2ccccc2Br)n1. The molecule has 0 amide bonds. The number of rotatable bonds is 6. The van der Waals surface area contributed by atoms with Gasteiger partial charge in [-0.05, 0) is 40.5 Å². The lowest BCUT2D eigenvalue weighted by Gasteiger charge is -2.09. The molecule has 19 heavy (non-hydrogen) atoms. The third kappa shape index (κ3) is 4.21. The Kier molecular flexibility index (Phi) is 5.15. The monoisotopic (exact) mass is 320 g/mol. The number of anilines is 3. The van der Waals surface area contributed by atoms with Gasteiger partial charge in [0.25, 0.3) is 0 Å². The molecule has 0 bridgehead atoms. The van der Waals surface area contributed by atoms with E-state index in [-0.39, 0.29) is 0 Å². The maximum Gasteiger partial charge on any atom is 0.229 e. The van der Waals surface area contributed by atoms with Crippen molar-refractivity contribution in [3.63, 3.8) is 0 Å². The molecule has 0 spiro atoms. The van der Waals surface area contributed by atoms with Gasteiger partial charge in [0, 0.05) is 17.2 Å². The summed E-state index contributed by atoms with van der Waals surface area (Å²) in [5, 5.41) is 6.48. The first-order chi connectivity index (χ1) is 9.29. The van der Waals surface area contributed by atoms with Crippen LogP contribution in [0.25, 0.3) is 0 Å². The number of hydrogen-bond acceptors (Lipinski definition) is 4. The topological polar surface area (TPSA) is 49.8 Å². The highest BCUT2D eigenvalue weighted by Gasteiger charge is 2.02. The second-order valence-corrected chi connectivity index (χ2v) is 5.01. The van der Waals surface area contributed by atoms with E-state index >= 15 is 0 Å². The second-order valence-electron chi connectivity index (χ2n) is 4.15. The smallest absolute Gasteiger partial charge is 0.229 e. The van der Waals surface area contributed by atoms with Crippen LogP contribution in [0.3, 0.4) is 0 Å². The highest BCUT2D eigenvalue weighted by atomic mass is 79.9. The zero-order valence-corrected chi connectivity index (χ0v) is 12.4. The Morgan fingerprint density at radius 2 is 2.05 bits per heavy atom. The summed E-state index contributed by atoms with van der Waals surface area (Å²) in [5.41, 5.74) is 0.952. The molecule has 0 radical (unpaired) electrons. The summed E-state index contributed by atoms with van der Waals surface area (Å²) >= 11 is 3.49. The highest BCUT2D eigenvalue weighted by molar-refractivity contribution is 9.10. The summed E-state index contributed by atoms with van der Waals surface area (Å²) in [4.78, 5) is 8.65. The van der Waals surface area contributed by atoms with Crippen LogP contribution in [0, 0.1) is 0 Å². The van der Waals surface area contributed by atoms with Gasteiger partial charge >= 0.3 is 0 Å². The van der Waals surface area contributed by atoms with Crippen LogP contribution >= 0.6 is 15.9 Å². The van der Waals surface area contributed by atoms with Crippen molar-refractivity contribution in [1.29, 1.82) is 0 Å². The zero-order valence-electron chi connectivity index (χ0n) is 10.9. The third-order valence-corrected chi connectivity index (χ3v) is 3.30. The van der Waals surface area contributed by atoms with Gasteiger partial charge in [-0.2, -0.15) is 4.98 Å². The molecule has 0 unspecified atom stereocenters. The number of hydrogen-bond donors (Lipinski definition) is 2. The minimum atomic E-state index is 0.591. The molecular weight excluding hydrogens is 304 g/mol. The van der Waals surface area contributed by atoms with Gasteiger partial charge in [0.2, 0.25) is 5.95 Å². The van der Waals surface area contributed by atoms with Crippen LogP contribution in [0.2, 0.25) is 0 Å². The van der Waals surface area contributed by atoms with Crippen molar-refractivity contribution in [2.45, 2.75) is 19.8 Å². The van der Waals surface area contributed by atoms with Gasteiger partial charge in [-0.25, -0.2) is 4.98 Å². The molecule has 0 aliphatic carbocycles. The first-order valence-electron chi connectivity index (χ1n) is 6.38. The van der Waals surface area contributed by atoms with Crippen LogP contribution in [0.15, 0.2) is 41.0 Å². The van der Waals surface area contributed by atoms with Crippen LogP contribution in [0.4, 0.5) is 17.5 Å². The molecule has 0 atom stereocenters. The van der Waals surface area contributed by atoms with Crippen LogP contribution in [-0.4, -0.2) is 16.5 Å². The fraction of sp³-hybridized carbons (Fsp3) is 0.286. The van der Waals surface area contributed by atoms with E-state index in [4.69, 9.17) is 0 Å². The fourth-order valence-electron chi connectivity index (χ4n) is 1.59. The van der Waals surface area contributed by atoms with Gasteiger partial charge in [0.1, 0.15) is 5.82 Å². The summed E-state index contributed by atoms with van der Waals surface area (Å²) in [6.07, 6.45) is 4.05. The number of nitrogens with one attached hydrogen (secondary N) is 2. The molecule has 1 aromatic heterocycles. The fourth-order valence-corrected chi connectivity index (χ4v) is 1.98. The Morgan fingerprint density at radius 3 is 2.84 bits per heavy atom. The lowest BCUT2D eigenvalue weighted by Crippen LogP contribution is -2.05. The van der Waals surface area contributed by atoms with E-state index in [9.17, 15) is 0 Å². The average molecular weight is 321 g/mol. The van der Waals surface area contributed by atoms with E-state index in [2.05, 4.69) is 43.5 Å². The molecule has 1 aromatic carbocycles. The minimum Gasteiger partial charge on any atom is -0.370 e. The molecule has 4 nitrogen and oxygen atoms in total. The van der Waals surface area contributed by atoms with Gasteiger partial charge in [0.05, 0.1) is 5.69 Å². The summed E-state index contributed by atoms with van der Waals surface area (Å²) in [6.45, 7) is 3.10. The van der Waals surface area contributed by atoms with Crippen molar-refractivity contribution >= 4 is 33.4 Å². The summed E-state index contributed by atoms with van der Waals surface area (Å²) in [5.74, 6) is 1.44. The number of halogens is 1. The van der Waals surface area contributed by atoms with Crippen LogP contribution in [-0.2, 0) is 0 Å². The lowest BCUT2D eigenvalue weighted by molar-refractivity contribution is 0.830. The molecule has 2 rings (SSSR count). The van der Waals surface area contributed by atoms with Crippen molar-refractivity contribution in [2.24, 2.45) is 0 Å². The van der Waals surface area contributed by atoms with Crippen molar-refractivity contribution in [1.82, 2.24) is 9.97 Å². The lowest BCUT2D eigenvalue weighted by atomic mass is 10.3. The Hall–Kier alpha value is -1.62. The minimum absolute atomic E-state index is 0.591. The predicted octanol–water partition coefficient (Wildman–Crippen LogP) is 4.19. The molecule has 5 heteroatoms. The zero-order chi connectivity index (χ0) is 13.5.